The summed E-state index contributed by atoms with van der Waals surface area (Å²) in [5, 5.41) is 2.57. The summed E-state index contributed by atoms with van der Waals surface area (Å²) < 4.78 is 30.2. The molecule has 0 amide bonds. The van der Waals surface area contributed by atoms with Crippen LogP contribution in [0.1, 0.15) is 66.5 Å². The molecule has 0 unspecified atom stereocenters. The Morgan fingerprint density at radius 2 is 0.844 bits per heavy atom. The van der Waals surface area contributed by atoms with Crippen LogP contribution in [0.4, 0.5) is 0 Å². The van der Waals surface area contributed by atoms with Crippen LogP contribution < -0.4 is 9.55 Å². The maximum absolute atomic E-state index is 6.32. The van der Waals surface area contributed by atoms with Gasteiger partial charge in [0.25, 0.3) is 0 Å². The van der Waals surface area contributed by atoms with E-state index in [0.717, 1.165) is 9.55 Å². The highest BCUT2D eigenvalue weighted by atomic mass is 32.1. The van der Waals surface area contributed by atoms with E-state index in [0.29, 0.717) is 0 Å². The molecule has 170 valence electrons. The first-order valence-corrected chi connectivity index (χ1v) is 12.9. The molecule has 8 heteroatoms. The summed E-state index contributed by atoms with van der Waals surface area (Å²) in [7, 11) is -0.649. The highest BCUT2D eigenvalue weighted by Crippen LogP contribution is 2.42. The third-order valence-electron chi connectivity index (χ3n) is 7.96. The van der Waals surface area contributed by atoms with Crippen LogP contribution >= 0.6 is 22.7 Å². The molecule has 32 heavy (non-hydrogen) atoms. The average molecular weight is 470 g/mol. The molecule has 0 aliphatic carbocycles. The van der Waals surface area contributed by atoms with E-state index in [-0.39, 0.29) is 36.6 Å². The minimum atomic E-state index is -0.337. The minimum absolute atomic E-state index is 0.324. The monoisotopic (exact) mass is 470 g/mol. The minimum Gasteiger partial charge on any atom is -0.399 e. The first-order valence-electron chi connectivity index (χ1n) is 11.3. The number of hydrogen-bond donors (Lipinski definition) is 0. The van der Waals surface area contributed by atoms with Gasteiger partial charge in [-0.05, 0) is 103 Å². The number of fused-ring (bicyclic) bond motifs is 2. The zero-order valence-electron chi connectivity index (χ0n) is 20.8. The standard InChI is InChI=1S/C24H32B2O4S2/c1-13-15-11-17(25-27-21(3,4)22(5,6)28-25)32-20(15)14(2)16-12-18(31-19(13)16)26-29-23(7,8)24(9,10)30-26/h11-12H,1-10H3. The van der Waals surface area contributed by atoms with Crippen molar-refractivity contribution in [3.8, 4) is 0 Å². The summed E-state index contributed by atoms with van der Waals surface area (Å²) in [6, 6.07) is 4.52. The average Bonchev–Trinajstić information content (AvgIpc) is 3.37. The van der Waals surface area contributed by atoms with Crippen molar-refractivity contribution in [2.75, 3.05) is 0 Å². The molecule has 2 aliphatic heterocycles. The summed E-state index contributed by atoms with van der Waals surface area (Å²) in [5.74, 6) is 0. The largest absolute Gasteiger partial charge is 0.505 e. The van der Waals surface area contributed by atoms with Gasteiger partial charge in [-0.2, -0.15) is 0 Å². The number of benzene rings is 1. The molecular weight excluding hydrogens is 438 g/mol. The lowest BCUT2D eigenvalue weighted by Crippen LogP contribution is -2.41. The molecule has 2 aliphatic rings. The van der Waals surface area contributed by atoms with E-state index in [9.17, 15) is 0 Å². The van der Waals surface area contributed by atoms with Gasteiger partial charge in [0.15, 0.2) is 0 Å². The van der Waals surface area contributed by atoms with Gasteiger partial charge in [-0.3, -0.25) is 0 Å². The van der Waals surface area contributed by atoms with Gasteiger partial charge in [-0.15, -0.1) is 22.7 Å². The fourth-order valence-corrected chi connectivity index (χ4v) is 6.71. The molecule has 3 aromatic rings. The molecule has 5 rings (SSSR count). The van der Waals surface area contributed by atoms with Gasteiger partial charge < -0.3 is 18.6 Å². The topological polar surface area (TPSA) is 36.9 Å². The quantitative estimate of drug-likeness (QED) is 0.475. The number of aryl methyl sites for hydroxylation is 2. The van der Waals surface area contributed by atoms with Gasteiger partial charge in [0.05, 0.1) is 22.4 Å². The van der Waals surface area contributed by atoms with E-state index >= 15 is 0 Å². The van der Waals surface area contributed by atoms with Crippen molar-refractivity contribution in [2.45, 2.75) is 91.6 Å². The molecule has 0 spiro atoms. The Labute approximate surface area is 199 Å². The predicted molar refractivity (Wildman–Crippen MR) is 138 cm³/mol. The van der Waals surface area contributed by atoms with E-state index in [1.165, 1.54) is 31.3 Å². The molecule has 4 nitrogen and oxygen atoms in total. The number of rotatable bonds is 2. The SMILES string of the molecule is Cc1c2cc(B3OC(C)(C)C(C)(C)O3)sc2c(C)c2cc(B3OC(C)(C)C(C)(C)O3)sc12. The molecule has 1 aromatic carbocycles. The molecule has 2 aromatic heterocycles. The van der Waals surface area contributed by atoms with Crippen molar-refractivity contribution in [2.24, 2.45) is 0 Å². The van der Waals surface area contributed by atoms with Gasteiger partial charge >= 0.3 is 14.2 Å². The molecule has 0 bridgehead atoms. The Hall–Kier alpha value is -0.890. The number of hydrogen-bond acceptors (Lipinski definition) is 6. The van der Waals surface area contributed by atoms with Crippen LogP contribution in [0.3, 0.4) is 0 Å². The lowest BCUT2D eigenvalue weighted by atomic mass is 9.86. The van der Waals surface area contributed by atoms with Gasteiger partial charge in [0.2, 0.25) is 0 Å². The van der Waals surface area contributed by atoms with Crippen LogP contribution in [0.5, 0.6) is 0 Å². The van der Waals surface area contributed by atoms with Crippen molar-refractivity contribution >= 4 is 66.6 Å². The van der Waals surface area contributed by atoms with Crippen molar-refractivity contribution in [3.05, 3.63) is 23.3 Å². The Morgan fingerprint density at radius 3 is 1.12 bits per heavy atom. The van der Waals surface area contributed by atoms with Crippen LogP contribution in [0.2, 0.25) is 0 Å². The molecule has 0 atom stereocenters. The molecule has 4 heterocycles. The van der Waals surface area contributed by atoms with Crippen LogP contribution in [-0.4, -0.2) is 36.6 Å². The molecule has 0 radical (unpaired) electrons. The summed E-state index contributed by atoms with van der Waals surface area (Å²) in [5.41, 5.74) is 1.25. The molecule has 0 N–H and O–H groups in total. The maximum Gasteiger partial charge on any atom is 0.505 e. The normalized spacial score (nSPS) is 23.7. The van der Waals surface area contributed by atoms with Gasteiger partial charge in [-0.1, -0.05) is 0 Å². The molecular formula is C24H32B2O4S2. The second kappa shape index (κ2) is 6.83. The van der Waals surface area contributed by atoms with E-state index in [1.807, 2.05) is 0 Å². The lowest BCUT2D eigenvalue weighted by Gasteiger charge is -2.32. The Morgan fingerprint density at radius 1 is 0.562 bits per heavy atom. The van der Waals surface area contributed by atoms with E-state index < -0.39 is 0 Å². The third kappa shape index (κ3) is 3.18. The Kier molecular flexibility index (Phi) is 4.89. The summed E-state index contributed by atoms with van der Waals surface area (Å²) >= 11 is 3.57. The fraction of sp³-hybridized carbons (Fsp3) is 0.583. The van der Waals surface area contributed by atoms with Crippen LogP contribution in [0.25, 0.3) is 20.2 Å². The molecule has 2 saturated heterocycles. The smallest absolute Gasteiger partial charge is 0.399 e. The second-order valence-electron chi connectivity index (χ2n) is 11.2. The van der Waals surface area contributed by atoms with Gasteiger partial charge in [-0.25, -0.2) is 0 Å². The second-order valence-corrected chi connectivity index (χ2v) is 13.4. The molecule has 2 fully saturated rings. The van der Waals surface area contributed by atoms with Gasteiger partial charge in [0, 0.05) is 19.0 Å². The highest BCUT2D eigenvalue weighted by molar-refractivity contribution is 7.30. The fourth-order valence-electron chi connectivity index (χ4n) is 4.33. The van der Waals surface area contributed by atoms with Crippen LogP contribution in [0.15, 0.2) is 12.1 Å². The first-order chi connectivity index (χ1) is 14.6. The summed E-state index contributed by atoms with van der Waals surface area (Å²) in [4.78, 5) is 0. The zero-order chi connectivity index (χ0) is 23.4. The van der Waals surface area contributed by atoms with Crippen LogP contribution in [-0.2, 0) is 18.6 Å². The van der Waals surface area contributed by atoms with Crippen LogP contribution in [0, 0.1) is 13.8 Å². The van der Waals surface area contributed by atoms with Gasteiger partial charge in [0.1, 0.15) is 0 Å². The van der Waals surface area contributed by atoms with Crippen molar-refractivity contribution < 1.29 is 18.6 Å². The Bertz CT molecular complexity index is 1060. The number of thiophene rings is 2. The van der Waals surface area contributed by atoms with Crippen molar-refractivity contribution in [1.29, 1.82) is 0 Å². The van der Waals surface area contributed by atoms with Crippen molar-refractivity contribution in [3.63, 3.8) is 0 Å². The Balaban J connectivity index is 1.57. The highest BCUT2D eigenvalue weighted by Gasteiger charge is 2.53. The molecule has 0 saturated carbocycles. The van der Waals surface area contributed by atoms with Crippen molar-refractivity contribution in [1.82, 2.24) is 0 Å². The lowest BCUT2D eigenvalue weighted by molar-refractivity contribution is 0.00578. The van der Waals surface area contributed by atoms with E-state index in [4.69, 9.17) is 18.6 Å². The first kappa shape index (κ1) is 22.9. The zero-order valence-corrected chi connectivity index (χ0v) is 22.4. The van der Waals surface area contributed by atoms with E-state index in [2.05, 4.69) is 81.4 Å². The summed E-state index contributed by atoms with van der Waals surface area (Å²) in [6.07, 6.45) is 0. The third-order valence-corrected chi connectivity index (χ3v) is 10.5. The van der Waals surface area contributed by atoms with E-state index in [1.54, 1.807) is 22.7 Å². The predicted octanol–water partition coefficient (Wildman–Crippen LogP) is 5.33. The maximum atomic E-state index is 6.32. The summed E-state index contributed by atoms with van der Waals surface area (Å²) in [6.45, 7) is 21.2.